The van der Waals surface area contributed by atoms with Gasteiger partial charge in [-0.15, -0.1) is 0 Å². The van der Waals surface area contributed by atoms with Gasteiger partial charge in [0.15, 0.2) is 0 Å². The third kappa shape index (κ3) is 3.55. The van der Waals surface area contributed by atoms with Crippen LogP contribution in [0.4, 0.5) is 0 Å². The number of nitrogens with two attached hydrogens (primary N) is 1. The van der Waals surface area contributed by atoms with E-state index in [-0.39, 0.29) is 0 Å². The minimum absolute atomic E-state index is 0.573. The van der Waals surface area contributed by atoms with Crippen molar-refractivity contribution in [3.8, 4) is 0 Å². The number of hydrogen-bond donors (Lipinski definition) is 1. The van der Waals surface area contributed by atoms with Crippen LogP contribution in [0.2, 0.25) is 0 Å². The summed E-state index contributed by atoms with van der Waals surface area (Å²) in [5.41, 5.74) is 7.23. The van der Waals surface area contributed by atoms with E-state index < -0.39 is 0 Å². The van der Waals surface area contributed by atoms with Crippen LogP contribution in [0.1, 0.15) is 18.9 Å². The van der Waals surface area contributed by atoms with E-state index in [1.807, 2.05) is 0 Å². The van der Waals surface area contributed by atoms with Gasteiger partial charge in [0, 0.05) is 45.3 Å². The molecule has 1 atom stereocenters. The average Bonchev–Trinajstić information content (AvgIpc) is 2.43. The molecule has 3 nitrogen and oxygen atoms in total. The van der Waals surface area contributed by atoms with E-state index in [2.05, 4.69) is 47.1 Å². The first-order valence-corrected chi connectivity index (χ1v) is 7.04. The lowest BCUT2D eigenvalue weighted by Crippen LogP contribution is -2.51. The summed E-state index contributed by atoms with van der Waals surface area (Å²) in [6, 6.07) is 11.3. The zero-order valence-electron chi connectivity index (χ0n) is 11.4. The van der Waals surface area contributed by atoms with E-state index in [0.717, 1.165) is 45.7 Å². The molecule has 1 aliphatic heterocycles. The van der Waals surface area contributed by atoms with Crippen molar-refractivity contribution in [2.24, 2.45) is 5.73 Å². The lowest BCUT2D eigenvalue weighted by atomic mass is 10.1. The molecule has 100 valence electrons. The first kappa shape index (κ1) is 13.5. The van der Waals surface area contributed by atoms with Crippen LogP contribution in [0, 0.1) is 0 Å². The fourth-order valence-electron chi connectivity index (χ4n) is 2.70. The fraction of sp³-hybridized carbons (Fsp3) is 0.600. The number of rotatable bonds is 5. The van der Waals surface area contributed by atoms with E-state index in [4.69, 9.17) is 5.73 Å². The summed E-state index contributed by atoms with van der Waals surface area (Å²) < 4.78 is 0. The van der Waals surface area contributed by atoms with Gasteiger partial charge in [-0.1, -0.05) is 37.3 Å². The molecule has 1 fully saturated rings. The molecule has 2 N–H and O–H groups in total. The Labute approximate surface area is 111 Å². The molecular formula is C15H25N3. The highest BCUT2D eigenvalue weighted by Crippen LogP contribution is 2.11. The highest BCUT2D eigenvalue weighted by Gasteiger charge is 2.21. The van der Waals surface area contributed by atoms with Crippen molar-refractivity contribution in [1.29, 1.82) is 0 Å². The predicted molar refractivity (Wildman–Crippen MR) is 76.4 cm³/mol. The largest absolute Gasteiger partial charge is 0.329 e. The highest BCUT2D eigenvalue weighted by atomic mass is 15.3. The molecule has 18 heavy (non-hydrogen) atoms. The maximum absolute atomic E-state index is 5.82. The standard InChI is InChI=1S/C15H25N3/c1-2-15(12-16)18-10-8-17(9-11-18)13-14-6-4-3-5-7-14/h3-7,15H,2,8-13,16H2,1H3. The molecule has 0 spiro atoms. The minimum Gasteiger partial charge on any atom is -0.329 e. The van der Waals surface area contributed by atoms with E-state index in [9.17, 15) is 0 Å². The van der Waals surface area contributed by atoms with Gasteiger partial charge in [0.2, 0.25) is 0 Å². The zero-order valence-corrected chi connectivity index (χ0v) is 11.4. The average molecular weight is 247 g/mol. The smallest absolute Gasteiger partial charge is 0.0234 e. The van der Waals surface area contributed by atoms with Crippen LogP contribution in [0.5, 0.6) is 0 Å². The molecule has 2 rings (SSSR count). The SMILES string of the molecule is CCC(CN)N1CCN(Cc2ccccc2)CC1. The Hall–Kier alpha value is -0.900. The van der Waals surface area contributed by atoms with Gasteiger partial charge in [-0.05, 0) is 12.0 Å². The van der Waals surface area contributed by atoms with Gasteiger partial charge < -0.3 is 5.73 Å². The van der Waals surface area contributed by atoms with E-state index in [1.54, 1.807) is 0 Å². The van der Waals surface area contributed by atoms with Gasteiger partial charge >= 0.3 is 0 Å². The summed E-state index contributed by atoms with van der Waals surface area (Å²) >= 11 is 0. The van der Waals surface area contributed by atoms with Gasteiger partial charge in [0.25, 0.3) is 0 Å². The molecule has 0 bridgehead atoms. The third-order valence-corrected chi connectivity index (χ3v) is 3.92. The van der Waals surface area contributed by atoms with Gasteiger partial charge in [-0.25, -0.2) is 0 Å². The molecule has 1 unspecified atom stereocenters. The van der Waals surface area contributed by atoms with Crippen molar-refractivity contribution in [2.75, 3.05) is 32.7 Å². The van der Waals surface area contributed by atoms with Crippen molar-refractivity contribution < 1.29 is 0 Å². The minimum atomic E-state index is 0.573. The molecule has 0 aliphatic carbocycles. The van der Waals surface area contributed by atoms with E-state index in [0.29, 0.717) is 6.04 Å². The van der Waals surface area contributed by atoms with Crippen molar-refractivity contribution in [1.82, 2.24) is 9.80 Å². The second kappa shape index (κ2) is 6.88. The number of benzene rings is 1. The lowest BCUT2D eigenvalue weighted by Gasteiger charge is -2.38. The second-order valence-corrected chi connectivity index (χ2v) is 5.10. The molecule has 1 aromatic carbocycles. The summed E-state index contributed by atoms with van der Waals surface area (Å²) in [4.78, 5) is 5.08. The quantitative estimate of drug-likeness (QED) is 0.856. The molecule has 1 heterocycles. The molecule has 3 heteroatoms. The second-order valence-electron chi connectivity index (χ2n) is 5.10. The van der Waals surface area contributed by atoms with E-state index >= 15 is 0 Å². The van der Waals surface area contributed by atoms with Crippen LogP contribution in [0.15, 0.2) is 30.3 Å². The molecule has 1 aromatic rings. The summed E-state index contributed by atoms with van der Waals surface area (Å²) in [7, 11) is 0. The lowest BCUT2D eigenvalue weighted by molar-refractivity contribution is 0.0926. The van der Waals surface area contributed by atoms with Crippen LogP contribution in [0.25, 0.3) is 0 Å². The third-order valence-electron chi connectivity index (χ3n) is 3.92. The van der Waals surface area contributed by atoms with Crippen LogP contribution in [0.3, 0.4) is 0 Å². The first-order valence-electron chi connectivity index (χ1n) is 7.04. The van der Waals surface area contributed by atoms with Crippen molar-refractivity contribution >= 4 is 0 Å². The molecular weight excluding hydrogens is 222 g/mol. The van der Waals surface area contributed by atoms with Crippen LogP contribution in [-0.4, -0.2) is 48.6 Å². The summed E-state index contributed by atoms with van der Waals surface area (Å²) in [6.45, 7) is 8.72. The monoisotopic (exact) mass is 247 g/mol. The molecule has 0 amide bonds. The molecule has 0 saturated carbocycles. The summed E-state index contributed by atoms with van der Waals surface area (Å²) in [5, 5.41) is 0. The predicted octanol–water partition coefficient (Wildman–Crippen LogP) is 1.54. The van der Waals surface area contributed by atoms with Crippen molar-refractivity contribution in [2.45, 2.75) is 25.9 Å². The Kier molecular flexibility index (Phi) is 5.17. The first-order chi connectivity index (χ1) is 8.83. The topological polar surface area (TPSA) is 32.5 Å². The van der Waals surface area contributed by atoms with Gasteiger partial charge in [-0.2, -0.15) is 0 Å². The maximum atomic E-state index is 5.82. The van der Waals surface area contributed by atoms with Crippen LogP contribution in [-0.2, 0) is 6.54 Å². The van der Waals surface area contributed by atoms with Gasteiger partial charge in [-0.3, -0.25) is 9.80 Å². The summed E-state index contributed by atoms with van der Waals surface area (Å²) in [6.07, 6.45) is 1.16. The normalized spacial score (nSPS) is 19.9. The Morgan fingerprint density at radius 1 is 1.11 bits per heavy atom. The Bertz CT molecular complexity index is 327. The van der Waals surface area contributed by atoms with E-state index in [1.165, 1.54) is 5.56 Å². The Morgan fingerprint density at radius 3 is 2.33 bits per heavy atom. The van der Waals surface area contributed by atoms with Crippen LogP contribution >= 0.6 is 0 Å². The molecule has 0 aromatic heterocycles. The van der Waals surface area contributed by atoms with Crippen molar-refractivity contribution in [3.63, 3.8) is 0 Å². The number of hydrogen-bond acceptors (Lipinski definition) is 3. The fourth-order valence-corrected chi connectivity index (χ4v) is 2.70. The summed E-state index contributed by atoms with van der Waals surface area (Å²) in [5.74, 6) is 0. The maximum Gasteiger partial charge on any atom is 0.0234 e. The number of piperazine rings is 1. The molecule has 1 aliphatic rings. The van der Waals surface area contributed by atoms with Crippen molar-refractivity contribution in [3.05, 3.63) is 35.9 Å². The van der Waals surface area contributed by atoms with Gasteiger partial charge in [0.1, 0.15) is 0 Å². The Balaban J connectivity index is 1.80. The molecule has 1 saturated heterocycles. The highest BCUT2D eigenvalue weighted by molar-refractivity contribution is 5.14. The zero-order chi connectivity index (χ0) is 12.8. The molecule has 0 radical (unpaired) electrons. The van der Waals surface area contributed by atoms with Gasteiger partial charge in [0.05, 0.1) is 0 Å². The Morgan fingerprint density at radius 2 is 1.78 bits per heavy atom. The number of nitrogens with zero attached hydrogens (tertiary/aromatic N) is 2. The van der Waals surface area contributed by atoms with Crippen LogP contribution < -0.4 is 5.73 Å².